The fourth-order valence-corrected chi connectivity index (χ4v) is 3.37. The first-order chi connectivity index (χ1) is 9.54. The van der Waals surface area contributed by atoms with Crippen LogP contribution < -0.4 is 5.73 Å². The number of nitrogens with zero attached hydrogens (tertiary/aromatic N) is 1. The molecule has 0 spiro atoms. The van der Waals surface area contributed by atoms with E-state index < -0.39 is 6.09 Å². The van der Waals surface area contributed by atoms with Crippen molar-refractivity contribution in [1.29, 1.82) is 0 Å². The molecule has 1 saturated heterocycles. The van der Waals surface area contributed by atoms with E-state index in [1.54, 1.807) is 6.92 Å². The van der Waals surface area contributed by atoms with E-state index in [2.05, 4.69) is 0 Å². The topological polar surface area (TPSA) is 92.9 Å². The summed E-state index contributed by atoms with van der Waals surface area (Å²) < 4.78 is 5.04. The minimum Gasteiger partial charge on any atom is -0.465 e. The van der Waals surface area contributed by atoms with Gasteiger partial charge in [0.05, 0.1) is 12.2 Å². The van der Waals surface area contributed by atoms with Crippen molar-refractivity contribution in [2.24, 2.45) is 0 Å². The number of likely N-dealkylation sites (tertiary alicyclic amines) is 1. The van der Waals surface area contributed by atoms with Crippen molar-refractivity contribution in [3.8, 4) is 0 Å². The van der Waals surface area contributed by atoms with Crippen LogP contribution in [0.2, 0.25) is 0 Å². The number of nitrogens with two attached hydrogens (primary N) is 1. The normalized spacial score (nSPS) is 16.1. The molecule has 1 amide bonds. The number of ether oxygens (including phenoxy) is 1. The minimum absolute atomic E-state index is 0.165. The Bertz CT molecular complexity index is 506. The molecular weight excluding hydrogens is 280 g/mol. The van der Waals surface area contributed by atoms with Gasteiger partial charge >= 0.3 is 12.1 Å². The lowest BCUT2D eigenvalue weighted by Gasteiger charge is -2.30. The average molecular weight is 298 g/mol. The average Bonchev–Trinajstić information content (AvgIpc) is 2.81. The van der Waals surface area contributed by atoms with E-state index in [-0.39, 0.29) is 11.9 Å². The third-order valence-corrected chi connectivity index (χ3v) is 4.36. The van der Waals surface area contributed by atoms with Gasteiger partial charge in [0.25, 0.3) is 0 Å². The van der Waals surface area contributed by atoms with Gasteiger partial charge in [0.1, 0.15) is 5.00 Å². The van der Waals surface area contributed by atoms with Gasteiger partial charge in [0, 0.05) is 13.1 Å². The van der Waals surface area contributed by atoms with Crippen LogP contribution >= 0.6 is 11.3 Å². The predicted molar refractivity (Wildman–Crippen MR) is 76.3 cm³/mol. The molecule has 1 aliphatic rings. The second kappa shape index (κ2) is 6.13. The summed E-state index contributed by atoms with van der Waals surface area (Å²) in [4.78, 5) is 24.3. The fourth-order valence-electron chi connectivity index (χ4n) is 2.49. The Hall–Kier alpha value is -1.76. The zero-order valence-corrected chi connectivity index (χ0v) is 12.1. The van der Waals surface area contributed by atoms with Gasteiger partial charge in [-0.05, 0) is 36.6 Å². The molecule has 0 saturated carbocycles. The van der Waals surface area contributed by atoms with E-state index >= 15 is 0 Å². The molecule has 0 bridgehead atoms. The number of amides is 1. The van der Waals surface area contributed by atoms with Crippen molar-refractivity contribution < 1.29 is 19.4 Å². The summed E-state index contributed by atoms with van der Waals surface area (Å²) >= 11 is 1.33. The maximum Gasteiger partial charge on any atom is 0.407 e. The van der Waals surface area contributed by atoms with Crippen LogP contribution in [0.5, 0.6) is 0 Å². The molecule has 2 rings (SSSR count). The Morgan fingerprint density at radius 2 is 2.15 bits per heavy atom. The molecule has 1 fully saturated rings. The highest BCUT2D eigenvalue weighted by atomic mass is 32.1. The summed E-state index contributed by atoms with van der Waals surface area (Å²) in [5.74, 6) is -0.222. The van der Waals surface area contributed by atoms with E-state index in [4.69, 9.17) is 15.6 Å². The molecule has 0 unspecified atom stereocenters. The number of carboxylic acid groups (broad SMARTS) is 1. The zero-order valence-electron chi connectivity index (χ0n) is 11.3. The number of hydrogen-bond acceptors (Lipinski definition) is 5. The van der Waals surface area contributed by atoms with Crippen LogP contribution in [0, 0.1) is 0 Å². The van der Waals surface area contributed by atoms with Crippen LogP contribution in [0.4, 0.5) is 9.80 Å². The molecule has 20 heavy (non-hydrogen) atoms. The third-order valence-electron chi connectivity index (χ3n) is 3.53. The van der Waals surface area contributed by atoms with Gasteiger partial charge in [-0.25, -0.2) is 9.59 Å². The van der Waals surface area contributed by atoms with Crippen LogP contribution in [0.1, 0.15) is 41.6 Å². The summed E-state index contributed by atoms with van der Waals surface area (Å²) in [6.07, 6.45) is 0.517. The molecule has 0 radical (unpaired) electrons. The number of carbonyl (C=O) groups is 2. The lowest BCUT2D eigenvalue weighted by Crippen LogP contribution is -2.37. The molecule has 6 nitrogen and oxygen atoms in total. The van der Waals surface area contributed by atoms with Crippen molar-refractivity contribution >= 4 is 28.4 Å². The van der Waals surface area contributed by atoms with Crippen LogP contribution in [0.3, 0.4) is 0 Å². The Kier molecular flexibility index (Phi) is 4.49. The van der Waals surface area contributed by atoms with Crippen LogP contribution in [0.25, 0.3) is 0 Å². The number of esters is 1. The lowest BCUT2D eigenvalue weighted by atomic mass is 9.89. The molecule has 1 aromatic heterocycles. The van der Waals surface area contributed by atoms with Gasteiger partial charge in [-0.3, -0.25) is 0 Å². The smallest absolute Gasteiger partial charge is 0.407 e. The van der Waals surface area contributed by atoms with E-state index in [0.717, 1.165) is 5.56 Å². The highest BCUT2D eigenvalue weighted by Crippen LogP contribution is 2.36. The molecule has 1 aromatic rings. The van der Waals surface area contributed by atoms with Gasteiger partial charge in [0.2, 0.25) is 0 Å². The summed E-state index contributed by atoms with van der Waals surface area (Å²) in [5.41, 5.74) is 7.23. The molecule has 110 valence electrons. The summed E-state index contributed by atoms with van der Waals surface area (Å²) in [5, 5.41) is 11.3. The lowest BCUT2D eigenvalue weighted by molar-refractivity contribution is 0.0525. The molecular formula is C13H18N2O4S. The predicted octanol–water partition coefficient (Wildman–Crippen LogP) is 2.36. The number of hydrogen-bond donors (Lipinski definition) is 2. The van der Waals surface area contributed by atoms with Crippen molar-refractivity contribution in [3.05, 3.63) is 16.5 Å². The van der Waals surface area contributed by atoms with Crippen molar-refractivity contribution in [1.82, 2.24) is 4.90 Å². The number of nitrogen functional groups attached to an aromatic ring is 1. The standard InChI is InChI=1S/C13H18N2O4S/c1-2-19-12(16)10-9(7-20-11(10)14)8-3-5-15(6-4-8)13(17)18/h7-8H,2-6,14H2,1H3,(H,17,18). The molecule has 0 atom stereocenters. The van der Waals surface area contributed by atoms with Crippen LogP contribution in [0.15, 0.2) is 5.38 Å². The Balaban J connectivity index is 2.14. The van der Waals surface area contributed by atoms with E-state index in [1.165, 1.54) is 16.2 Å². The molecule has 0 aliphatic carbocycles. The SMILES string of the molecule is CCOC(=O)c1c(C2CCN(C(=O)O)CC2)csc1N. The monoisotopic (exact) mass is 298 g/mol. The number of thiophene rings is 1. The first kappa shape index (κ1) is 14.6. The first-order valence-electron chi connectivity index (χ1n) is 6.56. The Morgan fingerprint density at radius 3 is 2.70 bits per heavy atom. The molecule has 0 aromatic carbocycles. The molecule has 7 heteroatoms. The summed E-state index contributed by atoms with van der Waals surface area (Å²) in [7, 11) is 0. The Labute approximate surface area is 121 Å². The number of rotatable bonds is 3. The number of anilines is 1. The second-order valence-corrected chi connectivity index (χ2v) is 5.61. The van der Waals surface area contributed by atoms with Gasteiger partial charge in [-0.2, -0.15) is 0 Å². The first-order valence-corrected chi connectivity index (χ1v) is 7.44. The van der Waals surface area contributed by atoms with Gasteiger partial charge < -0.3 is 20.5 Å². The highest BCUT2D eigenvalue weighted by molar-refractivity contribution is 7.14. The van der Waals surface area contributed by atoms with Gasteiger partial charge in [0.15, 0.2) is 0 Å². The van der Waals surface area contributed by atoms with Crippen LogP contribution in [-0.2, 0) is 4.74 Å². The van der Waals surface area contributed by atoms with E-state index in [9.17, 15) is 9.59 Å². The maximum atomic E-state index is 12.0. The quantitative estimate of drug-likeness (QED) is 0.836. The van der Waals surface area contributed by atoms with Crippen LogP contribution in [-0.4, -0.2) is 41.8 Å². The highest BCUT2D eigenvalue weighted by Gasteiger charge is 2.29. The van der Waals surface area contributed by atoms with Gasteiger partial charge in [-0.1, -0.05) is 0 Å². The maximum absolute atomic E-state index is 12.0. The molecule has 3 N–H and O–H groups in total. The van der Waals surface area contributed by atoms with E-state index in [1.807, 2.05) is 5.38 Å². The van der Waals surface area contributed by atoms with Crippen molar-refractivity contribution in [3.63, 3.8) is 0 Å². The molecule has 1 aliphatic heterocycles. The van der Waals surface area contributed by atoms with Crippen molar-refractivity contribution in [2.75, 3.05) is 25.4 Å². The second-order valence-electron chi connectivity index (χ2n) is 4.69. The zero-order chi connectivity index (χ0) is 14.7. The number of piperidine rings is 1. The van der Waals surface area contributed by atoms with E-state index in [0.29, 0.717) is 43.1 Å². The minimum atomic E-state index is -0.890. The largest absolute Gasteiger partial charge is 0.465 e. The number of carbonyl (C=O) groups excluding carboxylic acids is 1. The molecule has 2 heterocycles. The van der Waals surface area contributed by atoms with Crippen molar-refractivity contribution in [2.45, 2.75) is 25.7 Å². The Morgan fingerprint density at radius 1 is 1.50 bits per heavy atom. The summed E-state index contributed by atoms with van der Waals surface area (Å²) in [6.45, 7) is 3.03. The third kappa shape index (κ3) is 2.87. The summed E-state index contributed by atoms with van der Waals surface area (Å²) in [6, 6.07) is 0. The fraction of sp³-hybridized carbons (Fsp3) is 0.538. The van der Waals surface area contributed by atoms with Gasteiger partial charge in [-0.15, -0.1) is 11.3 Å².